The maximum atomic E-state index is 13.8. The van der Waals surface area contributed by atoms with Gasteiger partial charge in [0.1, 0.15) is 11.6 Å². The predicted molar refractivity (Wildman–Crippen MR) is 99.0 cm³/mol. The first-order chi connectivity index (χ1) is 11.5. The summed E-state index contributed by atoms with van der Waals surface area (Å²) in [4.78, 5) is 0. The fourth-order valence-electron chi connectivity index (χ4n) is 2.43. The smallest absolute Gasteiger partial charge is 0.171 e. The number of halogens is 3. The quantitative estimate of drug-likeness (QED) is 0.595. The van der Waals surface area contributed by atoms with Crippen LogP contribution in [0.25, 0.3) is 5.70 Å². The highest BCUT2D eigenvalue weighted by molar-refractivity contribution is 7.80. The standard InChI is InChI=1S/C17H13Cl2FN2OS/c1-23-10-4-2-9(3-5-10)15-8-16(22-17(24)21-15)11-6-14(20)13(19)7-12(11)18/h2-8,15H,1H3,(H2,21,22,24). The van der Waals surface area contributed by atoms with E-state index in [1.54, 1.807) is 7.11 Å². The van der Waals surface area contributed by atoms with Crippen molar-refractivity contribution in [1.82, 2.24) is 10.6 Å². The van der Waals surface area contributed by atoms with E-state index in [-0.39, 0.29) is 11.1 Å². The Kier molecular flexibility index (Phi) is 4.94. The van der Waals surface area contributed by atoms with Crippen molar-refractivity contribution in [2.24, 2.45) is 0 Å². The van der Waals surface area contributed by atoms with E-state index in [9.17, 15) is 4.39 Å². The predicted octanol–water partition coefficient (Wildman–Crippen LogP) is 4.70. The van der Waals surface area contributed by atoms with Gasteiger partial charge < -0.3 is 15.4 Å². The lowest BCUT2D eigenvalue weighted by Gasteiger charge is -2.27. The molecule has 0 spiro atoms. The minimum atomic E-state index is -0.538. The zero-order valence-corrected chi connectivity index (χ0v) is 14.9. The van der Waals surface area contributed by atoms with Crippen molar-refractivity contribution in [1.29, 1.82) is 0 Å². The third-order valence-electron chi connectivity index (χ3n) is 3.64. The molecule has 124 valence electrons. The van der Waals surface area contributed by atoms with Gasteiger partial charge in [0.2, 0.25) is 0 Å². The molecule has 3 rings (SSSR count). The summed E-state index contributed by atoms with van der Waals surface area (Å²) in [5.74, 6) is 0.228. The maximum Gasteiger partial charge on any atom is 0.171 e. The fraction of sp³-hybridized carbons (Fsp3) is 0.118. The van der Waals surface area contributed by atoms with Crippen molar-refractivity contribution >= 4 is 46.2 Å². The van der Waals surface area contributed by atoms with Crippen molar-refractivity contribution in [3.05, 3.63) is 69.5 Å². The summed E-state index contributed by atoms with van der Waals surface area (Å²) in [5.41, 5.74) is 2.11. The van der Waals surface area contributed by atoms with E-state index in [0.717, 1.165) is 11.3 Å². The van der Waals surface area contributed by atoms with Crippen LogP contribution < -0.4 is 15.4 Å². The summed E-state index contributed by atoms with van der Waals surface area (Å²) in [6.45, 7) is 0. The Morgan fingerprint density at radius 2 is 1.83 bits per heavy atom. The molecular weight excluding hydrogens is 370 g/mol. The van der Waals surface area contributed by atoms with Crippen molar-refractivity contribution in [2.75, 3.05) is 7.11 Å². The minimum absolute atomic E-state index is 0.0208. The van der Waals surface area contributed by atoms with Crippen LogP contribution in [0.15, 0.2) is 42.5 Å². The normalized spacial score (nSPS) is 16.9. The Labute approximate surface area is 154 Å². The second kappa shape index (κ2) is 6.97. The molecule has 0 amide bonds. The summed E-state index contributed by atoms with van der Waals surface area (Å²) in [7, 11) is 1.61. The van der Waals surface area contributed by atoms with Crippen LogP contribution in [0.3, 0.4) is 0 Å². The van der Waals surface area contributed by atoms with Crippen LogP contribution in [0.5, 0.6) is 5.75 Å². The maximum absolute atomic E-state index is 13.8. The minimum Gasteiger partial charge on any atom is -0.497 e. The number of methoxy groups -OCH3 is 1. The van der Waals surface area contributed by atoms with Crippen molar-refractivity contribution in [2.45, 2.75) is 6.04 Å². The van der Waals surface area contributed by atoms with Gasteiger partial charge in [-0.05, 0) is 48.1 Å². The molecule has 0 bridgehead atoms. The first-order valence-corrected chi connectivity index (χ1v) is 8.22. The molecule has 1 aliphatic heterocycles. The largest absolute Gasteiger partial charge is 0.497 e. The van der Waals surface area contributed by atoms with E-state index in [1.165, 1.54) is 12.1 Å². The molecular formula is C17H13Cl2FN2OS. The van der Waals surface area contributed by atoms with Crippen LogP contribution in [0.1, 0.15) is 17.2 Å². The van der Waals surface area contributed by atoms with Crippen LogP contribution in [-0.4, -0.2) is 12.2 Å². The first kappa shape index (κ1) is 17.0. The van der Waals surface area contributed by atoms with Gasteiger partial charge in [0, 0.05) is 11.3 Å². The van der Waals surface area contributed by atoms with Gasteiger partial charge in [0.25, 0.3) is 0 Å². The number of benzene rings is 2. The summed E-state index contributed by atoms with van der Waals surface area (Å²) < 4.78 is 19.0. The molecule has 0 radical (unpaired) electrons. The Balaban J connectivity index is 1.99. The third-order valence-corrected chi connectivity index (χ3v) is 4.47. The molecule has 0 aliphatic carbocycles. The number of hydrogen-bond acceptors (Lipinski definition) is 2. The van der Waals surface area contributed by atoms with E-state index in [2.05, 4.69) is 10.6 Å². The average Bonchev–Trinajstić information content (AvgIpc) is 2.57. The average molecular weight is 383 g/mol. The highest BCUT2D eigenvalue weighted by Crippen LogP contribution is 2.31. The number of rotatable bonds is 3. The first-order valence-electron chi connectivity index (χ1n) is 7.06. The molecule has 1 unspecified atom stereocenters. The molecule has 0 fully saturated rings. The number of ether oxygens (including phenoxy) is 1. The van der Waals surface area contributed by atoms with Crippen molar-refractivity contribution in [3.63, 3.8) is 0 Å². The van der Waals surface area contributed by atoms with E-state index < -0.39 is 5.82 Å². The topological polar surface area (TPSA) is 33.3 Å². The number of nitrogens with one attached hydrogen (secondary N) is 2. The number of thiocarbonyl (C=S) groups is 1. The lowest BCUT2D eigenvalue weighted by molar-refractivity contribution is 0.414. The molecule has 0 aromatic heterocycles. The molecule has 1 aliphatic rings. The Bertz CT molecular complexity index is 824. The van der Waals surface area contributed by atoms with Gasteiger partial charge in [-0.1, -0.05) is 35.3 Å². The van der Waals surface area contributed by atoms with E-state index in [1.807, 2.05) is 30.3 Å². The van der Waals surface area contributed by atoms with Crippen LogP contribution in [0.4, 0.5) is 4.39 Å². The van der Waals surface area contributed by atoms with Gasteiger partial charge in [0.05, 0.1) is 23.2 Å². The van der Waals surface area contributed by atoms with Crippen molar-refractivity contribution < 1.29 is 9.13 Å². The van der Waals surface area contributed by atoms with E-state index in [4.69, 9.17) is 40.2 Å². The zero-order valence-electron chi connectivity index (χ0n) is 12.6. The lowest BCUT2D eigenvalue weighted by Crippen LogP contribution is -2.40. The second-order valence-corrected chi connectivity index (χ2v) is 6.40. The van der Waals surface area contributed by atoms with Gasteiger partial charge in [-0.25, -0.2) is 4.39 Å². The van der Waals surface area contributed by atoms with Gasteiger partial charge in [-0.2, -0.15) is 0 Å². The fourth-order valence-corrected chi connectivity index (χ4v) is 3.15. The zero-order chi connectivity index (χ0) is 17.3. The van der Waals surface area contributed by atoms with Crippen LogP contribution in [0, 0.1) is 5.82 Å². The number of hydrogen-bond donors (Lipinski definition) is 2. The molecule has 0 saturated heterocycles. The van der Waals surface area contributed by atoms with Gasteiger partial charge >= 0.3 is 0 Å². The van der Waals surface area contributed by atoms with Gasteiger partial charge in [-0.15, -0.1) is 0 Å². The summed E-state index contributed by atoms with van der Waals surface area (Å²) >= 11 is 17.2. The van der Waals surface area contributed by atoms with Gasteiger partial charge in [0.15, 0.2) is 5.11 Å². The molecule has 0 saturated carbocycles. The highest BCUT2D eigenvalue weighted by Gasteiger charge is 2.21. The van der Waals surface area contributed by atoms with E-state index >= 15 is 0 Å². The SMILES string of the molecule is COc1ccc(C2C=C(c3cc(F)c(Cl)cc3Cl)NC(=S)N2)cc1. The van der Waals surface area contributed by atoms with Crippen molar-refractivity contribution in [3.8, 4) is 5.75 Å². The summed E-state index contributed by atoms with van der Waals surface area (Å²) in [6.07, 6.45) is 1.90. The second-order valence-electron chi connectivity index (χ2n) is 5.18. The van der Waals surface area contributed by atoms with Crippen LogP contribution in [0.2, 0.25) is 10.0 Å². The summed E-state index contributed by atoms with van der Waals surface area (Å²) in [5, 5.41) is 6.92. The lowest BCUT2D eigenvalue weighted by atomic mass is 10.0. The molecule has 7 heteroatoms. The van der Waals surface area contributed by atoms with Crippen LogP contribution in [-0.2, 0) is 0 Å². The molecule has 24 heavy (non-hydrogen) atoms. The molecule has 1 heterocycles. The van der Waals surface area contributed by atoms with Gasteiger partial charge in [-0.3, -0.25) is 0 Å². The molecule has 2 aromatic rings. The molecule has 2 N–H and O–H groups in total. The summed E-state index contributed by atoms with van der Waals surface area (Å²) in [6, 6.07) is 10.1. The molecule has 3 nitrogen and oxygen atoms in total. The van der Waals surface area contributed by atoms with Crippen LogP contribution >= 0.6 is 35.4 Å². The Hall–Kier alpha value is -1.82. The highest BCUT2D eigenvalue weighted by atomic mass is 35.5. The molecule has 1 atom stereocenters. The third kappa shape index (κ3) is 3.48. The Morgan fingerprint density at radius 1 is 1.12 bits per heavy atom. The monoisotopic (exact) mass is 382 g/mol. The Morgan fingerprint density at radius 3 is 2.50 bits per heavy atom. The van der Waals surface area contributed by atoms with E-state index in [0.29, 0.717) is 21.4 Å². The molecule has 2 aromatic carbocycles.